The molecule has 0 saturated carbocycles. The highest BCUT2D eigenvalue weighted by atomic mass is 19.4. The number of amides is 1. The highest BCUT2D eigenvalue weighted by Gasteiger charge is 2.27. The summed E-state index contributed by atoms with van der Waals surface area (Å²) in [5, 5.41) is 3.67. The van der Waals surface area contributed by atoms with E-state index >= 15 is 0 Å². The molecule has 30 heavy (non-hydrogen) atoms. The topological polar surface area (TPSA) is 60.5 Å². The molecule has 1 amide bonds. The minimum Gasteiger partial charge on any atom is -0.497 e. The maximum absolute atomic E-state index is 12.6. The third kappa shape index (κ3) is 5.70. The molecule has 5 nitrogen and oxygen atoms in total. The predicted octanol–water partition coefficient (Wildman–Crippen LogP) is 4.56. The lowest BCUT2D eigenvalue weighted by atomic mass is 10.1. The number of aromatic nitrogens is 1. The molecule has 0 aliphatic rings. The summed E-state index contributed by atoms with van der Waals surface area (Å²) in [6.45, 7) is 0.641. The van der Waals surface area contributed by atoms with Crippen molar-refractivity contribution >= 4 is 16.8 Å². The number of ether oxygens (including phenoxy) is 2. The van der Waals surface area contributed by atoms with Crippen molar-refractivity contribution in [2.24, 2.45) is 0 Å². The number of halogens is 3. The molecule has 158 valence electrons. The van der Waals surface area contributed by atoms with Crippen LogP contribution in [0.1, 0.15) is 27.2 Å². The molecule has 0 aliphatic carbocycles. The summed E-state index contributed by atoms with van der Waals surface area (Å²) in [6, 6.07) is 14.1. The largest absolute Gasteiger partial charge is 0.497 e. The van der Waals surface area contributed by atoms with Crippen molar-refractivity contribution < 1.29 is 27.4 Å². The SMILES string of the molecule is COc1ccc2cc(C(=O)NCc3ccc(COCC(F)(F)F)cc3)c(C)nc2c1. The van der Waals surface area contributed by atoms with E-state index in [1.807, 2.05) is 12.1 Å². The standard InChI is InChI=1S/C22H21F3N2O3/c1-14-19(9-17-7-8-18(29-2)10-20(17)27-14)21(28)26-11-15-3-5-16(6-4-15)12-30-13-22(23,24)25/h3-10H,11-13H2,1-2H3,(H,26,28). The second-order valence-corrected chi connectivity index (χ2v) is 6.79. The number of carbonyl (C=O) groups excluding carboxylic acids is 1. The Bertz CT molecular complexity index is 1030. The van der Waals surface area contributed by atoms with Crippen LogP contribution in [0.25, 0.3) is 10.9 Å². The van der Waals surface area contributed by atoms with E-state index in [9.17, 15) is 18.0 Å². The van der Waals surface area contributed by atoms with Gasteiger partial charge in [0.2, 0.25) is 0 Å². The van der Waals surface area contributed by atoms with Crippen LogP contribution in [0.3, 0.4) is 0 Å². The predicted molar refractivity (Wildman–Crippen MR) is 106 cm³/mol. The summed E-state index contributed by atoms with van der Waals surface area (Å²) in [4.78, 5) is 17.1. The van der Waals surface area contributed by atoms with Gasteiger partial charge in [-0.25, -0.2) is 0 Å². The van der Waals surface area contributed by atoms with Gasteiger partial charge in [0.25, 0.3) is 5.91 Å². The molecule has 2 aromatic carbocycles. The first-order valence-electron chi connectivity index (χ1n) is 9.21. The lowest BCUT2D eigenvalue weighted by Gasteiger charge is -2.10. The van der Waals surface area contributed by atoms with Crippen molar-refractivity contribution in [2.75, 3.05) is 13.7 Å². The first kappa shape index (κ1) is 21.6. The first-order valence-corrected chi connectivity index (χ1v) is 9.21. The highest BCUT2D eigenvalue weighted by Crippen LogP contribution is 2.22. The van der Waals surface area contributed by atoms with Crippen LogP contribution in [-0.4, -0.2) is 30.8 Å². The van der Waals surface area contributed by atoms with Gasteiger partial charge in [0, 0.05) is 18.0 Å². The van der Waals surface area contributed by atoms with Gasteiger partial charge in [0.1, 0.15) is 12.4 Å². The van der Waals surface area contributed by atoms with E-state index in [1.165, 1.54) is 0 Å². The van der Waals surface area contributed by atoms with Crippen molar-refractivity contribution in [1.29, 1.82) is 0 Å². The average Bonchev–Trinajstić information content (AvgIpc) is 2.71. The molecule has 1 aromatic heterocycles. The number of pyridine rings is 1. The molecule has 0 bridgehead atoms. The van der Waals surface area contributed by atoms with Gasteiger partial charge in [-0.1, -0.05) is 24.3 Å². The molecule has 8 heteroatoms. The number of hydrogen-bond acceptors (Lipinski definition) is 4. The first-order chi connectivity index (χ1) is 14.2. The van der Waals surface area contributed by atoms with Crippen molar-refractivity contribution in [3.8, 4) is 5.75 Å². The maximum Gasteiger partial charge on any atom is 0.411 e. The summed E-state index contributed by atoms with van der Waals surface area (Å²) >= 11 is 0. The zero-order valence-corrected chi connectivity index (χ0v) is 16.5. The Labute approximate surface area is 171 Å². The second-order valence-electron chi connectivity index (χ2n) is 6.79. The smallest absolute Gasteiger partial charge is 0.411 e. The van der Waals surface area contributed by atoms with Crippen LogP contribution < -0.4 is 10.1 Å². The molecule has 3 aromatic rings. The lowest BCUT2D eigenvalue weighted by Crippen LogP contribution is -2.24. The lowest BCUT2D eigenvalue weighted by molar-refractivity contribution is -0.176. The van der Waals surface area contributed by atoms with E-state index < -0.39 is 12.8 Å². The third-order valence-corrected chi connectivity index (χ3v) is 4.47. The van der Waals surface area contributed by atoms with Crippen LogP contribution in [0.5, 0.6) is 5.75 Å². The number of hydrogen-bond donors (Lipinski definition) is 1. The molecule has 0 unspecified atom stereocenters. The molecule has 0 radical (unpaired) electrons. The van der Waals surface area contributed by atoms with E-state index in [2.05, 4.69) is 15.0 Å². The number of benzene rings is 2. The van der Waals surface area contributed by atoms with Crippen LogP contribution in [0, 0.1) is 6.92 Å². The number of alkyl halides is 3. The highest BCUT2D eigenvalue weighted by molar-refractivity contribution is 5.98. The van der Waals surface area contributed by atoms with Gasteiger partial charge in [-0.2, -0.15) is 13.2 Å². The maximum atomic E-state index is 12.6. The van der Waals surface area contributed by atoms with E-state index in [4.69, 9.17) is 4.74 Å². The fourth-order valence-electron chi connectivity index (χ4n) is 2.92. The molecule has 0 fully saturated rings. The monoisotopic (exact) mass is 418 g/mol. The molecule has 1 N–H and O–H groups in total. The number of rotatable bonds is 7. The van der Waals surface area contributed by atoms with Crippen molar-refractivity contribution in [2.45, 2.75) is 26.3 Å². The number of fused-ring (bicyclic) bond motifs is 1. The Morgan fingerprint density at radius 1 is 1.07 bits per heavy atom. The number of carbonyl (C=O) groups is 1. The third-order valence-electron chi connectivity index (χ3n) is 4.47. The minimum atomic E-state index is -4.34. The van der Waals surface area contributed by atoms with Gasteiger partial charge in [-0.15, -0.1) is 0 Å². The van der Waals surface area contributed by atoms with Crippen LogP contribution in [-0.2, 0) is 17.9 Å². The summed E-state index contributed by atoms with van der Waals surface area (Å²) < 4.78 is 46.2. The van der Waals surface area contributed by atoms with E-state index in [1.54, 1.807) is 50.4 Å². The molecule has 0 saturated heterocycles. The van der Waals surface area contributed by atoms with Gasteiger partial charge < -0.3 is 14.8 Å². The molecule has 1 heterocycles. The van der Waals surface area contributed by atoms with Gasteiger partial charge in [0.05, 0.1) is 30.5 Å². The number of aryl methyl sites for hydroxylation is 1. The number of methoxy groups -OCH3 is 1. The normalized spacial score (nSPS) is 11.5. The van der Waals surface area contributed by atoms with Gasteiger partial charge in [-0.3, -0.25) is 9.78 Å². The molecule has 0 atom stereocenters. The number of nitrogens with one attached hydrogen (secondary N) is 1. The fraction of sp³-hybridized carbons (Fsp3) is 0.273. The van der Waals surface area contributed by atoms with Crippen LogP contribution in [0.4, 0.5) is 13.2 Å². The van der Waals surface area contributed by atoms with Crippen molar-refractivity contribution in [3.63, 3.8) is 0 Å². The van der Waals surface area contributed by atoms with Gasteiger partial charge in [-0.05, 0) is 36.2 Å². The Morgan fingerprint density at radius 3 is 2.43 bits per heavy atom. The molecular weight excluding hydrogens is 397 g/mol. The zero-order valence-electron chi connectivity index (χ0n) is 16.5. The van der Waals surface area contributed by atoms with E-state index in [0.29, 0.717) is 22.6 Å². The summed E-state index contributed by atoms with van der Waals surface area (Å²) in [6.07, 6.45) is -4.34. The summed E-state index contributed by atoms with van der Waals surface area (Å²) in [5.74, 6) is 0.439. The Morgan fingerprint density at radius 2 is 1.77 bits per heavy atom. The number of nitrogens with zero attached hydrogens (tertiary/aromatic N) is 1. The molecule has 0 aliphatic heterocycles. The molecular formula is C22H21F3N2O3. The zero-order chi connectivity index (χ0) is 21.7. The van der Waals surface area contributed by atoms with Crippen LogP contribution in [0.15, 0.2) is 48.5 Å². The minimum absolute atomic E-state index is 0.126. The molecule has 3 rings (SSSR count). The Balaban J connectivity index is 1.60. The Hall–Kier alpha value is -3.13. The van der Waals surface area contributed by atoms with Crippen LogP contribution >= 0.6 is 0 Å². The Kier molecular flexibility index (Phi) is 6.56. The summed E-state index contributed by atoms with van der Waals surface area (Å²) in [7, 11) is 1.58. The van der Waals surface area contributed by atoms with E-state index in [-0.39, 0.29) is 19.1 Å². The summed E-state index contributed by atoms with van der Waals surface area (Å²) in [5.41, 5.74) is 3.26. The van der Waals surface area contributed by atoms with E-state index in [0.717, 1.165) is 16.5 Å². The fourth-order valence-corrected chi connectivity index (χ4v) is 2.92. The quantitative estimate of drug-likeness (QED) is 0.611. The van der Waals surface area contributed by atoms with Crippen molar-refractivity contribution in [3.05, 3.63) is 70.9 Å². The van der Waals surface area contributed by atoms with Gasteiger partial charge >= 0.3 is 6.18 Å². The second kappa shape index (κ2) is 9.13. The van der Waals surface area contributed by atoms with Gasteiger partial charge in [0.15, 0.2) is 0 Å². The van der Waals surface area contributed by atoms with Crippen molar-refractivity contribution in [1.82, 2.24) is 10.3 Å². The average molecular weight is 418 g/mol. The molecule has 0 spiro atoms. The van der Waals surface area contributed by atoms with Crippen LogP contribution in [0.2, 0.25) is 0 Å².